The van der Waals surface area contributed by atoms with Crippen LogP contribution in [-0.4, -0.2) is 40.3 Å². The fourth-order valence-electron chi connectivity index (χ4n) is 2.74. The third-order valence-corrected chi connectivity index (χ3v) is 4.93. The van der Waals surface area contributed by atoms with Crippen LogP contribution in [0.25, 0.3) is 0 Å². The van der Waals surface area contributed by atoms with Crippen molar-refractivity contribution in [2.45, 2.75) is 31.8 Å². The standard InChI is InChI=1S/C18H20N4O3S/c23-15(19-9-8-16-20-10-11-26-16)7-6-14-17(24)22(18(25)21-14)12-13-4-2-1-3-5-13/h1-5,10-11,14H,6-9,12H2,(H,19,23)(H,21,25)/t14-/m1/s1. The van der Waals surface area contributed by atoms with Gasteiger partial charge in [0.05, 0.1) is 11.6 Å². The smallest absolute Gasteiger partial charge is 0.325 e. The van der Waals surface area contributed by atoms with Gasteiger partial charge in [0.25, 0.3) is 5.91 Å². The molecule has 26 heavy (non-hydrogen) atoms. The molecule has 1 atom stereocenters. The molecule has 0 spiro atoms. The van der Waals surface area contributed by atoms with Crippen molar-refractivity contribution < 1.29 is 14.4 Å². The fourth-order valence-corrected chi connectivity index (χ4v) is 3.36. The number of urea groups is 1. The maximum absolute atomic E-state index is 12.4. The summed E-state index contributed by atoms with van der Waals surface area (Å²) in [6.45, 7) is 0.749. The molecule has 3 rings (SSSR count). The lowest BCUT2D eigenvalue weighted by molar-refractivity contribution is -0.128. The molecular weight excluding hydrogens is 352 g/mol. The van der Waals surface area contributed by atoms with Crippen molar-refractivity contribution in [3.05, 3.63) is 52.5 Å². The minimum atomic E-state index is -0.643. The molecule has 2 N–H and O–H groups in total. The van der Waals surface area contributed by atoms with Crippen LogP contribution in [0.2, 0.25) is 0 Å². The van der Waals surface area contributed by atoms with Gasteiger partial charge in [-0.1, -0.05) is 30.3 Å². The molecule has 1 aromatic carbocycles. The molecule has 136 valence electrons. The average Bonchev–Trinajstić information content (AvgIpc) is 3.25. The molecule has 1 aliphatic heterocycles. The van der Waals surface area contributed by atoms with Crippen LogP contribution in [0.4, 0.5) is 4.79 Å². The molecule has 0 radical (unpaired) electrons. The summed E-state index contributed by atoms with van der Waals surface area (Å²) in [4.78, 5) is 41.7. The number of amides is 4. The summed E-state index contributed by atoms with van der Waals surface area (Å²) >= 11 is 1.55. The van der Waals surface area contributed by atoms with E-state index in [1.54, 1.807) is 17.5 Å². The van der Waals surface area contributed by atoms with Gasteiger partial charge in [0.2, 0.25) is 5.91 Å². The minimum Gasteiger partial charge on any atom is -0.356 e. The first-order chi connectivity index (χ1) is 12.6. The van der Waals surface area contributed by atoms with E-state index in [4.69, 9.17) is 0 Å². The van der Waals surface area contributed by atoms with Crippen molar-refractivity contribution in [3.63, 3.8) is 0 Å². The predicted octanol–water partition coefficient (Wildman–Crippen LogP) is 1.70. The zero-order valence-corrected chi connectivity index (χ0v) is 15.0. The third-order valence-electron chi connectivity index (χ3n) is 4.10. The summed E-state index contributed by atoms with van der Waals surface area (Å²) < 4.78 is 0. The Balaban J connectivity index is 1.42. The maximum Gasteiger partial charge on any atom is 0.325 e. The molecule has 8 heteroatoms. The monoisotopic (exact) mass is 372 g/mol. The number of thiazole rings is 1. The first-order valence-electron chi connectivity index (χ1n) is 8.44. The number of nitrogens with one attached hydrogen (secondary N) is 2. The van der Waals surface area contributed by atoms with Crippen LogP contribution in [-0.2, 0) is 22.6 Å². The number of hydrogen-bond acceptors (Lipinski definition) is 5. The predicted molar refractivity (Wildman–Crippen MR) is 97.4 cm³/mol. The van der Waals surface area contributed by atoms with E-state index in [0.29, 0.717) is 19.4 Å². The molecule has 1 aliphatic rings. The van der Waals surface area contributed by atoms with E-state index in [9.17, 15) is 14.4 Å². The van der Waals surface area contributed by atoms with Crippen LogP contribution >= 0.6 is 11.3 Å². The number of benzene rings is 1. The molecule has 1 saturated heterocycles. The Morgan fingerprint density at radius 1 is 1.27 bits per heavy atom. The van der Waals surface area contributed by atoms with Crippen molar-refractivity contribution in [1.29, 1.82) is 0 Å². The van der Waals surface area contributed by atoms with E-state index in [1.165, 1.54) is 4.90 Å². The number of carbonyl (C=O) groups excluding carboxylic acids is 3. The summed E-state index contributed by atoms with van der Waals surface area (Å²) in [5.41, 5.74) is 0.886. The summed E-state index contributed by atoms with van der Waals surface area (Å²) in [6, 6.07) is 8.28. The third kappa shape index (κ3) is 4.66. The van der Waals surface area contributed by atoms with Crippen LogP contribution in [0.5, 0.6) is 0 Å². The second-order valence-electron chi connectivity index (χ2n) is 5.98. The molecule has 0 unspecified atom stereocenters. The van der Waals surface area contributed by atoms with Crippen molar-refractivity contribution in [2.75, 3.05) is 6.54 Å². The van der Waals surface area contributed by atoms with Crippen LogP contribution in [0.15, 0.2) is 41.9 Å². The van der Waals surface area contributed by atoms with Crippen molar-refractivity contribution in [3.8, 4) is 0 Å². The highest BCUT2D eigenvalue weighted by Crippen LogP contribution is 2.15. The Hall–Kier alpha value is -2.74. The number of imide groups is 1. The van der Waals surface area contributed by atoms with Crippen LogP contribution in [0.3, 0.4) is 0 Å². The van der Waals surface area contributed by atoms with E-state index in [0.717, 1.165) is 10.6 Å². The number of nitrogens with zero attached hydrogens (tertiary/aromatic N) is 2. The van der Waals surface area contributed by atoms with E-state index in [-0.39, 0.29) is 24.8 Å². The van der Waals surface area contributed by atoms with Gasteiger partial charge in [0.1, 0.15) is 6.04 Å². The molecule has 1 fully saturated rings. The number of hydrogen-bond donors (Lipinski definition) is 2. The van der Waals surface area contributed by atoms with Gasteiger partial charge < -0.3 is 10.6 Å². The van der Waals surface area contributed by atoms with Gasteiger partial charge in [-0.05, 0) is 12.0 Å². The molecule has 2 aromatic rings. The molecule has 4 amide bonds. The second-order valence-corrected chi connectivity index (χ2v) is 6.96. The Morgan fingerprint density at radius 3 is 2.81 bits per heavy atom. The van der Waals surface area contributed by atoms with Gasteiger partial charge in [-0.2, -0.15) is 0 Å². The van der Waals surface area contributed by atoms with Crippen LogP contribution in [0, 0.1) is 0 Å². The van der Waals surface area contributed by atoms with E-state index >= 15 is 0 Å². The number of aromatic nitrogens is 1. The van der Waals surface area contributed by atoms with Crippen molar-refractivity contribution >= 4 is 29.2 Å². The zero-order valence-electron chi connectivity index (χ0n) is 14.2. The van der Waals surface area contributed by atoms with E-state index in [1.807, 2.05) is 35.7 Å². The Labute approximate surface area is 155 Å². The second kappa shape index (κ2) is 8.57. The summed E-state index contributed by atoms with van der Waals surface area (Å²) in [6.07, 6.45) is 2.90. The Bertz CT molecular complexity index is 764. The highest BCUT2D eigenvalue weighted by Gasteiger charge is 2.37. The topological polar surface area (TPSA) is 91.4 Å². The van der Waals surface area contributed by atoms with E-state index < -0.39 is 12.1 Å². The quantitative estimate of drug-likeness (QED) is 0.690. The summed E-state index contributed by atoms with van der Waals surface area (Å²) in [7, 11) is 0. The molecule has 0 bridgehead atoms. The minimum absolute atomic E-state index is 0.134. The fraction of sp³-hybridized carbons (Fsp3) is 0.333. The first kappa shape index (κ1) is 18.1. The van der Waals surface area contributed by atoms with Crippen molar-refractivity contribution in [2.24, 2.45) is 0 Å². The normalized spacial score (nSPS) is 16.6. The molecule has 2 heterocycles. The van der Waals surface area contributed by atoms with Gasteiger partial charge >= 0.3 is 6.03 Å². The van der Waals surface area contributed by atoms with Crippen LogP contribution < -0.4 is 10.6 Å². The maximum atomic E-state index is 12.4. The first-order valence-corrected chi connectivity index (χ1v) is 9.32. The lowest BCUT2D eigenvalue weighted by atomic mass is 10.1. The molecule has 7 nitrogen and oxygen atoms in total. The highest BCUT2D eigenvalue weighted by molar-refractivity contribution is 7.09. The Kier molecular flexibility index (Phi) is 5.96. The van der Waals surface area contributed by atoms with Crippen LogP contribution in [0.1, 0.15) is 23.4 Å². The van der Waals surface area contributed by atoms with Gasteiger partial charge in [-0.15, -0.1) is 11.3 Å². The van der Waals surface area contributed by atoms with Crippen molar-refractivity contribution in [1.82, 2.24) is 20.5 Å². The summed E-state index contributed by atoms with van der Waals surface area (Å²) in [5.74, 6) is -0.417. The molecule has 1 aromatic heterocycles. The number of carbonyl (C=O) groups is 3. The molecule has 0 aliphatic carbocycles. The van der Waals surface area contributed by atoms with Gasteiger partial charge in [-0.25, -0.2) is 9.78 Å². The Morgan fingerprint density at radius 2 is 2.08 bits per heavy atom. The SMILES string of the molecule is O=C(CC[C@H]1NC(=O)N(Cc2ccccc2)C1=O)NCCc1nccs1. The highest BCUT2D eigenvalue weighted by atomic mass is 32.1. The van der Waals surface area contributed by atoms with Gasteiger partial charge in [0, 0.05) is 31.0 Å². The average molecular weight is 372 g/mol. The number of rotatable bonds is 8. The van der Waals surface area contributed by atoms with Gasteiger partial charge in [0.15, 0.2) is 0 Å². The van der Waals surface area contributed by atoms with Gasteiger partial charge in [-0.3, -0.25) is 14.5 Å². The molecule has 0 saturated carbocycles. The lowest BCUT2D eigenvalue weighted by Gasteiger charge is -2.13. The lowest BCUT2D eigenvalue weighted by Crippen LogP contribution is -2.33. The zero-order chi connectivity index (χ0) is 18.4. The largest absolute Gasteiger partial charge is 0.356 e. The van der Waals surface area contributed by atoms with E-state index in [2.05, 4.69) is 15.6 Å². The summed E-state index contributed by atoms with van der Waals surface area (Å²) in [5, 5.41) is 8.34. The molecular formula is C18H20N4O3S.